The normalized spacial score (nSPS) is 15.3. The fraction of sp³-hybridized carbons (Fsp3) is 0.280. The van der Waals surface area contributed by atoms with Crippen LogP contribution in [-0.2, 0) is 11.3 Å². The molecule has 2 aromatic carbocycles. The van der Waals surface area contributed by atoms with E-state index in [0.29, 0.717) is 41.6 Å². The van der Waals surface area contributed by atoms with Gasteiger partial charge in [-0.1, -0.05) is 19.1 Å². The first-order valence-corrected chi connectivity index (χ1v) is 11.3. The first-order chi connectivity index (χ1) is 17.0. The minimum Gasteiger partial charge on any atom is -0.493 e. The number of nitrogens with one attached hydrogen (secondary N) is 2. The zero-order valence-corrected chi connectivity index (χ0v) is 19.8. The minimum atomic E-state index is -0.518. The summed E-state index contributed by atoms with van der Waals surface area (Å²) < 4.78 is 16.7. The summed E-state index contributed by atoms with van der Waals surface area (Å²) >= 11 is 0. The molecule has 10 heteroatoms. The standard InChI is InChI=1S/C25H27N5O5/c1-4-20-23(17-8-11-21(33-3)22(12-17)34-5-2)29-30(25(32)35-20)14-16-6-9-18(10-7-16)28-24(31)19-13-26-15-27-19/h6-13,15,20H,4-5,14H2,1-3H3,(H,26,27)(H,28,31). The monoisotopic (exact) mass is 477 g/mol. The highest BCUT2D eigenvalue weighted by Gasteiger charge is 2.31. The van der Waals surface area contributed by atoms with Gasteiger partial charge in [0.1, 0.15) is 17.5 Å². The van der Waals surface area contributed by atoms with Gasteiger partial charge in [0.2, 0.25) is 0 Å². The third kappa shape index (κ3) is 5.43. The van der Waals surface area contributed by atoms with E-state index in [4.69, 9.17) is 14.2 Å². The Hall–Kier alpha value is -4.34. The maximum absolute atomic E-state index is 12.6. The summed E-state index contributed by atoms with van der Waals surface area (Å²) in [6.45, 7) is 4.53. The summed E-state index contributed by atoms with van der Waals surface area (Å²) in [5, 5.41) is 8.71. The average Bonchev–Trinajstić information content (AvgIpc) is 3.42. The van der Waals surface area contributed by atoms with E-state index in [9.17, 15) is 9.59 Å². The second kappa shape index (κ2) is 10.7. The fourth-order valence-corrected chi connectivity index (χ4v) is 3.64. The van der Waals surface area contributed by atoms with E-state index < -0.39 is 12.2 Å². The van der Waals surface area contributed by atoms with E-state index >= 15 is 0 Å². The number of aromatic amines is 1. The van der Waals surface area contributed by atoms with Crippen LogP contribution in [0, 0.1) is 0 Å². The molecule has 35 heavy (non-hydrogen) atoms. The molecule has 1 aliphatic heterocycles. The lowest BCUT2D eigenvalue weighted by atomic mass is 10.0. The number of cyclic esters (lactones) is 1. The molecule has 4 rings (SSSR count). The number of amides is 2. The molecule has 0 saturated carbocycles. The molecule has 3 aromatic rings. The number of nitrogens with zero attached hydrogens (tertiary/aromatic N) is 3. The van der Waals surface area contributed by atoms with Crippen molar-refractivity contribution >= 4 is 23.4 Å². The van der Waals surface area contributed by atoms with Crippen molar-refractivity contribution in [3.05, 3.63) is 71.8 Å². The Morgan fingerprint density at radius 2 is 1.97 bits per heavy atom. The van der Waals surface area contributed by atoms with Crippen LogP contribution in [-0.4, -0.2) is 52.5 Å². The fourth-order valence-electron chi connectivity index (χ4n) is 3.64. The molecule has 2 amide bonds. The van der Waals surface area contributed by atoms with Gasteiger partial charge in [-0.2, -0.15) is 10.1 Å². The highest BCUT2D eigenvalue weighted by Crippen LogP contribution is 2.30. The second-order valence-corrected chi connectivity index (χ2v) is 7.73. The maximum Gasteiger partial charge on any atom is 0.431 e. The molecule has 0 spiro atoms. The molecule has 1 aliphatic rings. The zero-order valence-electron chi connectivity index (χ0n) is 19.8. The van der Waals surface area contributed by atoms with Gasteiger partial charge in [0, 0.05) is 17.4 Å². The first-order valence-electron chi connectivity index (χ1n) is 11.3. The van der Waals surface area contributed by atoms with Crippen LogP contribution in [0.2, 0.25) is 0 Å². The Kier molecular flexibility index (Phi) is 7.30. The molecular weight excluding hydrogens is 450 g/mol. The number of benzene rings is 2. The van der Waals surface area contributed by atoms with Crippen molar-refractivity contribution in [3.63, 3.8) is 0 Å². The summed E-state index contributed by atoms with van der Waals surface area (Å²) in [7, 11) is 1.59. The minimum absolute atomic E-state index is 0.209. The molecule has 0 saturated heterocycles. The van der Waals surface area contributed by atoms with Crippen LogP contribution in [0.5, 0.6) is 11.5 Å². The Labute approximate surface area is 202 Å². The van der Waals surface area contributed by atoms with E-state index in [0.717, 1.165) is 11.1 Å². The van der Waals surface area contributed by atoms with Crippen molar-refractivity contribution in [1.29, 1.82) is 0 Å². The third-order valence-corrected chi connectivity index (χ3v) is 5.39. The van der Waals surface area contributed by atoms with Gasteiger partial charge in [0.15, 0.2) is 11.5 Å². The van der Waals surface area contributed by atoms with E-state index in [2.05, 4.69) is 20.4 Å². The lowest BCUT2D eigenvalue weighted by Crippen LogP contribution is -2.41. The molecule has 182 valence electrons. The van der Waals surface area contributed by atoms with Crippen LogP contribution in [0.3, 0.4) is 0 Å². The Morgan fingerprint density at radius 1 is 1.17 bits per heavy atom. The zero-order chi connectivity index (χ0) is 24.8. The number of carbonyl (C=O) groups excluding carboxylic acids is 2. The predicted octanol–water partition coefficient (Wildman–Crippen LogP) is 4.20. The third-order valence-electron chi connectivity index (χ3n) is 5.39. The molecule has 0 fully saturated rings. The van der Waals surface area contributed by atoms with E-state index in [-0.39, 0.29) is 12.5 Å². The first kappa shape index (κ1) is 23.8. The number of carbonyl (C=O) groups is 2. The van der Waals surface area contributed by atoms with Gasteiger partial charge in [-0.05, 0) is 49.2 Å². The van der Waals surface area contributed by atoms with Crippen LogP contribution in [0.4, 0.5) is 10.5 Å². The number of hydrogen-bond acceptors (Lipinski definition) is 7. The number of hydrogen-bond donors (Lipinski definition) is 2. The van der Waals surface area contributed by atoms with Crippen molar-refractivity contribution in [2.75, 3.05) is 19.0 Å². The van der Waals surface area contributed by atoms with E-state index in [1.807, 2.05) is 44.2 Å². The van der Waals surface area contributed by atoms with Gasteiger partial charge in [0.25, 0.3) is 5.91 Å². The second-order valence-electron chi connectivity index (χ2n) is 7.73. The van der Waals surface area contributed by atoms with Gasteiger partial charge in [-0.3, -0.25) is 4.79 Å². The van der Waals surface area contributed by atoms with Crippen molar-refractivity contribution in [3.8, 4) is 11.5 Å². The lowest BCUT2D eigenvalue weighted by Gasteiger charge is -2.29. The SMILES string of the molecule is CCOc1cc(C2=NN(Cc3ccc(NC(=O)c4c[nH]cn4)cc3)C(=O)OC2CC)ccc1OC. The molecular formula is C25H27N5O5. The Balaban J connectivity index is 1.53. The number of H-pyrrole nitrogens is 1. The van der Waals surface area contributed by atoms with Crippen molar-refractivity contribution in [2.24, 2.45) is 5.10 Å². The molecule has 0 radical (unpaired) electrons. The number of anilines is 1. The molecule has 2 N–H and O–H groups in total. The highest BCUT2D eigenvalue weighted by molar-refractivity contribution is 6.06. The van der Waals surface area contributed by atoms with Crippen LogP contribution in [0.15, 0.2) is 60.1 Å². The number of rotatable bonds is 9. The van der Waals surface area contributed by atoms with E-state index in [1.165, 1.54) is 17.5 Å². The molecule has 1 atom stereocenters. The molecule has 2 heterocycles. The Morgan fingerprint density at radius 3 is 2.63 bits per heavy atom. The smallest absolute Gasteiger partial charge is 0.431 e. The van der Waals surface area contributed by atoms with Crippen LogP contribution in [0.25, 0.3) is 0 Å². The highest BCUT2D eigenvalue weighted by atomic mass is 16.6. The van der Waals surface area contributed by atoms with Gasteiger partial charge in [-0.15, -0.1) is 0 Å². The number of methoxy groups -OCH3 is 1. The molecule has 1 aromatic heterocycles. The van der Waals surface area contributed by atoms with Gasteiger partial charge in [0.05, 0.1) is 26.6 Å². The summed E-state index contributed by atoms with van der Waals surface area (Å²) in [5.74, 6) is 0.902. The van der Waals surface area contributed by atoms with Gasteiger partial charge in [-0.25, -0.2) is 9.78 Å². The van der Waals surface area contributed by atoms with E-state index in [1.54, 1.807) is 19.2 Å². The number of hydrazone groups is 1. The average molecular weight is 478 g/mol. The summed E-state index contributed by atoms with van der Waals surface area (Å²) in [6, 6.07) is 12.7. The van der Waals surface area contributed by atoms with Crippen LogP contribution >= 0.6 is 0 Å². The van der Waals surface area contributed by atoms with Crippen LogP contribution < -0.4 is 14.8 Å². The van der Waals surface area contributed by atoms with Gasteiger partial charge >= 0.3 is 6.09 Å². The number of aromatic nitrogens is 2. The molecule has 10 nitrogen and oxygen atoms in total. The lowest BCUT2D eigenvalue weighted by molar-refractivity contribution is 0.0712. The summed E-state index contributed by atoms with van der Waals surface area (Å²) in [5.41, 5.74) is 3.15. The van der Waals surface area contributed by atoms with Gasteiger partial charge < -0.3 is 24.5 Å². The summed E-state index contributed by atoms with van der Waals surface area (Å²) in [4.78, 5) is 31.5. The molecule has 0 aliphatic carbocycles. The molecule has 0 bridgehead atoms. The number of imidazole rings is 1. The Bertz CT molecular complexity index is 1210. The maximum atomic E-state index is 12.6. The number of ether oxygens (including phenoxy) is 3. The summed E-state index contributed by atoms with van der Waals surface area (Å²) in [6.07, 6.45) is 2.55. The topological polar surface area (TPSA) is 118 Å². The predicted molar refractivity (Wildman–Crippen MR) is 130 cm³/mol. The van der Waals surface area contributed by atoms with Crippen LogP contribution in [0.1, 0.15) is 41.9 Å². The largest absolute Gasteiger partial charge is 0.493 e. The van der Waals surface area contributed by atoms with Crippen molar-refractivity contribution in [1.82, 2.24) is 15.0 Å². The van der Waals surface area contributed by atoms with Crippen molar-refractivity contribution in [2.45, 2.75) is 32.9 Å². The molecule has 1 unspecified atom stereocenters. The quantitative estimate of drug-likeness (QED) is 0.477. The van der Waals surface area contributed by atoms with Crippen molar-refractivity contribution < 1.29 is 23.8 Å².